The third-order valence-corrected chi connectivity index (χ3v) is 4.24. The molecule has 1 saturated heterocycles. The second kappa shape index (κ2) is 6.71. The highest BCUT2D eigenvalue weighted by Crippen LogP contribution is 2.24. The van der Waals surface area contributed by atoms with Gasteiger partial charge in [0.2, 0.25) is 0 Å². The minimum atomic E-state index is 0.298. The van der Waals surface area contributed by atoms with Crippen molar-refractivity contribution < 1.29 is 0 Å². The van der Waals surface area contributed by atoms with E-state index in [0.717, 1.165) is 32.0 Å². The summed E-state index contributed by atoms with van der Waals surface area (Å²) in [4.78, 5) is 6.87. The van der Waals surface area contributed by atoms with Crippen molar-refractivity contribution in [2.45, 2.75) is 52.1 Å². The van der Waals surface area contributed by atoms with Gasteiger partial charge < -0.3 is 0 Å². The molecule has 0 bridgehead atoms. The van der Waals surface area contributed by atoms with Gasteiger partial charge in [0.05, 0.1) is 6.54 Å². The highest BCUT2D eigenvalue weighted by atomic mass is 35.5. The Hall–Kier alpha value is -0.610. The van der Waals surface area contributed by atoms with Crippen LogP contribution in [-0.4, -0.2) is 38.1 Å². The predicted molar refractivity (Wildman–Crippen MR) is 78.2 cm³/mol. The molecule has 0 aliphatic carbocycles. The normalized spacial score (nSPS) is 20.1. The van der Waals surface area contributed by atoms with E-state index in [-0.39, 0.29) is 0 Å². The first-order chi connectivity index (χ1) is 9.06. The lowest BCUT2D eigenvalue weighted by atomic mass is 9.94. The van der Waals surface area contributed by atoms with Crippen molar-refractivity contribution in [3.05, 3.63) is 12.2 Å². The zero-order valence-electron chi connectivity index (χ0n) is 12.2. The van der Waals surface area contributed by atoms with E-state index < -0.39 is 0 Å². The molecule has 5 heteroatoms. The molecule has 0 saturated carbocycles. The first-order valence-electron chi connectivity index (χ1n) is 7.29. The molecule has 1 aromatic rings. The van der Waals surface area contributed by atoms with Gasteiger partial charge in [0.15, 0.2) is 0 Å². The molecule has 1 aliphatic rings. The molecule has 0 aromatic carbocycles. The van der Waals surface area contributed by atoms with Crippen LogP contribution in [-0.2, 0) is 13.1 Å². The molecule has 0 spiro atoms. The number of aromatic nitrogens is 3. The summed E-state index contributed by atoms with van der Waals surface area (Å²) in [6, 6.07) is 0. The van der Waals surface area contributed by atoms with Gasteiger partial charge in [-0.25, -0.2) is 9.67 Å². The molecule has 1 unspecified atom stereocenters. The number of nitrogens with zero attached hydrogens (tertiary/aromatic N) is 4. The van der Waals surface area contributed by atoms with Gasteiger partial charge in [-0.05, 0) is 44.7 Å². The molecule has 1 atom stereocenters. The van der Waals surface area contributed by atoms with Gasteiger partial charge in [0, 0.05) is 11.9 Å². The summed E-state index contributed by atoms with van der Waals surface area (Å²) in [7, 11) is 0. The summed E-state index contributed by atoms with van der Waals surface area (Å²) in [6.07, 6.45) is 4.07. The van der Waals surface area contributed by atoms with E-state index in [0.29, 0.717) is 17.2 Å². The van der Waals surface area contributed by atoms with Crippen LogP contribution in [0.2, 0.25) is 0 Å². The molecule has 1 aliphatic heterocycles. The Bertz CT molecular complexity index is 381. The van der Waals surface area contributed by atoms with Gasteiger partial charge in [0.1, 0.15) is 12.2 Å². The lowest BCUT2D eigenvalue weighted by Gasteiger charge is -2.32. The maximum Gasteiger partial charge on any atom is 0.141 e. The van der Waals surface area contributed by atoms with Crippen molar-refractivity contribution in [3.8, 4) is 0 Å². The van der Waals surface area contributed by atoms with Gasteiger partial charge in [-0.1, -0.05) is 13.8 Å². The van der Waals surface area contributed by atoms with Crippen LogP contribution in [0.4, 0.5) is 0 Å². The third-order valence-electron chi connectivity index (χ3n) is 3.88. The van der Waals surface area contributed by atoms with E-state index in [4.69, 9.17) is 11.6 Å². The zero-order valence-corrected chi connectivity index (χ0v) is 13.0. The van der Waals surface area contributed by atoms with E-state index in [1.807, 2.05) is 4.68 Å². The topological polar surface area (TPSA) is 34.0 Å². The molecule has 19 heavy (non-hydrogen) atoms. The summed E-state index contributed by atoms with van der Waals surface area (Å²) < 4.78 is 2.04. The smallest absolute Gasteiger partial charge is 0.141 e. The minimum absolute atomic E-state index is 0.298. The number of alkyl halides is 1. The van der Waals surface area contributed by atoms with Crippen LogP contribution in [0.3, 0.4) is 0 Å². The molecule has 2 heterocycles. The van der Waals surface area contributed by atoms with Crippen LogP contribution in [0.5, 0.6) is 0 Å². The Morgan fingerprint density at radius 1 is 1.32 bits per heavy atom. The SMILES string of the molecule is CC(C)Cn1ncnc1CN1CCC(C(C)Cl)CC1. The minimum Gasteiger partial charge on any atom is -0.296 e. The molecule has 0 radical (unpaired) electrons. The van der Waals surface area contributed by atoms with Crippen LogP contribution >= 0.6 is 11.6 Å². The number of likely N-dealkylation sites (tertiary alicyclic amines) is 1. The predicted octanol–water partition coefficient (Wildman–Crippen LogP) is 2.77. The summed E-state index contributed by atoms with van der Waals surface area (Å²) >= 11 is 6.18. The number of halogens is 1. The van der Waals surface area contributed by atoms with Crippen molar-refractivity contribution in [1.29, 1.82) is 0 Å². The van der Waals surface area contributed by atoms with Crippen molar-refractivity contribution in [1.82, 2.24) is 19.7 Å². The molecular weight excluding hydrogens is 260 g/mol. The lowest BCUT2D eigenvalue weighted by Crippen LogP contribution is -2.36. The Kier molecular flexibility index (Phi) is 5.22. The molecule has 4 nitrogen and oxygen atoms in total. The highest BCUT2D eigenvalue weighted by Gasteiger charge is 2.23. The van der Waals surface area contributed by atoms with Crippen LogP contribution in [0, 0.1) is 11.8 Å². The van der Waals surface area contributed by atoms with Gasteiger partial charge in [-0.3, -0.25) is 4.90 Å². The Morgan fingerprint density at radius 3 is 2.58 bits per heavy atom. The van der Waals surface area contributed by atoms with E-state index in [9.17, 15) is 0 Å². The first-order valence-corrected chi connectivity index (χ1v) is 7.73. The average molecular weight is 285 g/mol. The van der Waals surface area contributed by atoms with Crippen molar-refractivity contribution >= 4 is 11.6 Å². The Morgan fingerprint density at radius 2 is 2.00 bits per heavy atom. The summed E-state index contributed by atoms with van der Waals surface area (Å²) in [5, 5.41) is 4.62. The van der Waals surface area contributed by atoms with Crippen molar-refractivity contribution in [2.75, 3.05) is 13.1 Å². The molecule has 108 valence electrons. The zero-order chi connectivity index (χ0) is 13.8. The van der Waals surface area contributed by atoms with Crippen molar-refractivity contribution in [3.63, 3.8) is 0 Å². The lowest BCUT2D eigenvalue weighted by molar-refractivity contribution is 0.170. The second-order valence-corrected chi connectivity index (χ2v) is 6.73. The molecule has 0 amide bonds. The quantitative estimate of drug-likeness (QED) is 0.780. The Balaban J connectivity index is 1.87. The van der Waals surface area contributed by atoms with Gasteiger partial charge in [0.25, 0.3) is 0 Å². The maximum atomic E-state index is 6.18. The van der Waals surface area contributed by atoms with Crippen LogP contribution in [0.1, 0.15) is 39.4 Å². The van der Waals surface area contributed by atoms with E-state index in [2.05, 4.69) is 35.8 Å². The monoisotopic (exact) mass is 284 g/mol. The standard InChI is InChI=1S/C14H25ClN4/c1-11(2)8-19-14(16-10-17-19)9-18-6-4-13(5-7-18)12(3)15/h10-13H,4-9H2,1-3H3. The van der Waals surface area contributed by atoms with Gasteiger partial charge in [-0.15, -0.1) is 11.6 Å². The average Bonchev–Trinajstić information content (AvgIpc) is 2.76. The third kappa shape index (κ3) is 4.18. The van der Waals surface area contributed by atoms with E-state index >= 15 is 0 Å². The summed E-state index contributed by atoms with van der Waals surface area (Å²) in [6.45, 7) is 10.6. The van der Waals surface area contributed by atoms with Crippen LogP contribution in [0.15, 0.2) is 6.33 Å². The summed E-state index contributed by atoms with van der Waals surface area (Å²) in [5.74, 6) is 2.36. The molecule has 2 rings (SSSR count). The Labute approximate surface area is 121 Å². The number of hydrogen-bond donors (Lipinski definition) is 0. The highest BCUT2D eigenvalue weighted by molar-refractivity contribution is 6.20. The summed E-state index contributed by atoms with van der Waals surface area (Å²) in [5.41, 5.74) is 0. The maximum absolute atomic E-state index is 6.18. The number of rotatable bonds is 5. The van der Waals surface area contributed by atoms with E-state index in [1.54, 1.807) is 6.33 Å². The molecule has 0 N–H and O–H groups in total. The van der Waals surface area contributed by atoms with Gasteiger partial charge >= 0.3 is 0 Å². The first kappa shape index (κ1) is 14.8. The molecular formula is C14H25ClN4. The fourth-order valence-electron chi connectivity index (χ4n) is 2.68. The number of piperidine rings is 1. The van der Waals surface area contributed by atoms with E-state index in [1.165, 1.54) is 12.8 Å². The van der Waals surface area contributed by atoms with Gasteiger partial charge in [-0.2, -0.15) is 5.10 Å². The van der Waals surface area contributed by atoms with Crippen LogP contribution < -0.4 is 0 Å². The molecule has 1 fully saturated rings. The molecule has 1 aromatic heterocycles. The fourth-order valence-corrected chi connectivity index (χ4v) is 2.93. The largest absolute Gasteiger partial charge is 0.296 e. The van der Waals surface area contributed by atoms with Crippen LogP contribution in [0.25, 0.3) is 0 Å². The number of hydrogen-bond acceptors (Lipinski definition) is 3. The van der Waals surface area contributed by atoms with Crippen molar-refractivity contribution in [2.24, 2.45) is 11.8 Å². The second-order valence-electron chi connectivity index (χ2n) is 6.04. The fraction of sp³-hybridized carbons (Fsp3) is 0.857.